The molecule has 2 aromatic rings. The van der Waals surface area contributed by atoms with E-state index in [1.54, 1.807) is 4.90 Å². The van der Waals surface area contributed by atoms with Crippen LogP contribution >= 0.6 is 27.3 Å². The van der Waals surface area contributed by atoms with Crippen LogP contribution < -0.4 is 10.2 Å². The first-order chi connectivity index (χ1) is 12.1. The highest BCUT2D eigenvalue weighted by Crippen LogP contribution is 2.28. The number of carbonyl (C=O) groups is 2. The maximum atomic E-state index is 12.5. The first kappa shape index (κ1) is 18.0. The highest BCUT2D eigenvalue weighted by Gasteiger charge is 2.35. The van der Waals surface area contributed by atoms with Gasteiger partial charge >= 0.3 is 0 Å². The summed E-state index contributed by atoms with van der Waals surface area (Å²) in [6.45, 7) is 2.50. The second-order valence-electron chi connectivity index (χ2n) is 5.98. The molecule has 1 aromatic heterocycles. The number of benzene rings is 1. The van der Waals surface area contributed by atoms with E-state index >= 15 is 0 Å². The van der Waals surface area contributed by atoms with Gasteiger partial charge in [0.1, 0.15) is 5.01 Å². The minimum Gasteiger partial charge on any atom is -0.312 e. The van der Waals surface area contributed by atoms with Gasteiger partial charge in [0.2, 0.25) is 16.9 Å². The number of hydrogen-bond donors (Lipinski definition) is 1. The van der Waals surface area contributed by atoms with Crippen molar-refractivity contribution >= 4 is 49.9 Å². The average Bonchev–Trinajstić information content (AvgIpc) is 3.19. The predicted octanol–water partition coefficient (Wildman–Crippen LogP) is 3.63. The summed E-state index contributed by atoms with van der Waals surface area (Å²) in [6.07, 6.45) is 3.24. The van der Waals surface area contributed by atoms with Gasteiger partial charge in [0, 0.05) is 29.5 Å². The number of unbranched alkanes of at least 4 members (excludes halogenated alkanes) is 1. The Morgan fingerprint density at radius 3 is 3.04 bits per heavy atom. The van der Waals surface area contributed by atoms with E-state index in [-0.39, 0.29) is 24.2 Å². The molecule has 0 bridgehead atoms. The third-order valence-corrected chi connectivity index (χ3v) is 5.45. The van der Waals surface area contributed by atoms with Crippen molar-refractivity contribution in [1.29, 1.82) is 0 Å². The summed E-state index contributed by atoms with van der Waals surface area (Å²) in [5.74, 6) is -0.599. The Morgan fingerprint density at radius 2 is 2.28 bits per heavy atom. The van der Waals surface area contributed by atoms with Gasteiger partial charge < -0.3 is 10.2 Å². The van der Waals surface area contributed by atoms with Crippen LogP contribution in [0.3, 0.4) is 0 Å². The molecule has 0 saturated carbocycles. The Morgan fingerprint density at radius 1 is 1.44 bits per heavy atom. The lowest BCUT2D eigenvalue weighted by molar-refractivity contribution is -0.122. The van der Waals surface area contributed by atoms with E-state index < -0.39 is 0 Å². The fourth-order valence-corrected chi connectivity index (χ4v) is 3.89. The Kier molecular flexibility index (Phi) is 5.80. The first-order valence-electron chi connectivity index (χ1n) is 8.26. The number of rotatable bonds is 6. The van der Waals surface area contributed by atoms with E-state index in [9.17, 15) is 9.59 Å². The van der Waals surface area contributed by atoms with Crippen LogP contribution in [0, 0.1) is 5.92 Å². The number of nitrogens with one attached hydrogen (secondary N) is 1. The van der Waals surface area contributed by atoms with Gasteiger partial charge in [-0.2, -0.15) is 0 Å². The predicted molar refractivity (Wildman–Crippen MR) is 102 cm³/mol. The molecule has 8 heteroatoms. The Bertz CT molecular complexity index is 780. The normalized spacial score (nSPS) is 17.1. The van der Waals surface area contributed by atoms with Gasteiger partial charge in [-0.15, -0.1) is 10.2 Å². The van der Waals surface area contributed by atoms with Gasteiger partial charge in [-0.05, 0) is 24.6 Å². The molecule has 1 N–H and O–H groups in total. The van der Waals surface area contributed by atoms with E-state index in [1.165, 1.54) is 11.3 Å². The fourth-order valence-electron chi connectivity index (χ4n) is 2.72. The van der Waals surface area contributed by atoms with Crippen molar-refractivity contribution in [3.8, 4) is 0 Å². The minimum atomic E-state index is -0.380. The van der Waals surface area contributed by atoms with Crippen molar-refractivity contribution in [2.75, 3.05) is 16.8 Å². The van der Waals surface area contributed by atoms with Crippen LogP contribution in [0.1, 0.15) is 31.2 Å². The van der Waals surface area contributed by atoms with Crippen LogP contribution in [0.15, 0.2) is 28.7 Å². The van der Waals surface area contributed by atoms with Gasteiger partial charge in [0.15, 0.2) is 0 Å². The standard InChI is InChI=1S/C17H19BrN4O2S/c1-2-3-7-14-20-21-17(25-14)19-16(24)11-8-15(23)22(10-11)13-6-4-5-12(18)9-13/h4-6,9,11H,2-3,7-8,10H2,1H3,(H,19,21,24). The number of halogens is 1. The van der Waals surface area contributed by atoms with Crippen LogP contribution in [0.25, 0.3) is 0 Å². The fraction of sp³-hybridized carbons (Fsp3) is 0.412. The lowest BCUT2D eigenvalue weighted by Crippen LogP contribution is -2.28. The third kappa shape index (κ3) is 4.43. The summed E-state index contributed by atoms with van der Waals surface area (Å²) in [5.41, 5.74) is 0.799. The van der Waals surface area contributed by atoms with Crippen molar-refractivity contribution in [3.63, 3.8) is 0 Å². The zero-order valence-electron chi connectivity index (χ0n) is 13.9. The zero-order valence-corrected chi connectivity index (χ0v) is 16.3. The molecular formula is C17H19BrN4O2S. The maximum Gasteiger partial charge on any atom is 0.231 e. The van der Waals surface area contributed by atoms with Crippen molar-refractivity contribution in [2.45, 2.75) is 32.6 Å². The number of carbonyl (C=O) groups excluding carboxylic acids is 2. The van der Waals surface area contributed by atoms with E-state index in [2.05, 4.69) is 38.4 Å². The smallest absolute Gasteiger partial charge is 0.231 e. The van der Waals surface area contributed by atoms with Crippen LogP contribution in [0.2, 0.25) is 0 Å². The average molecular weight is 423 g/mol. The molecule has 1 fully saturated rings. The molecule has 0 aliphatic carbocycles. The lowest BCUT2D eigenvalue weighted by Gasteiger charge is -2.16. The largest absolute Gasteiger partial charge is 0.312 e. The Hall–Kier alpha value is -1.80. The summed E-state index contributed by atoms with van der Waals surface area (Å²) in [4.78, 5) is 26.4. The van der Waals surface area contributed by atoms with Crippen molar-refractivity contribution in [1.82, 2.24) is 10.2 Å². The molecule has 0 radical (unpaired) electrons. The molecule has 1 atom stereocenters. The van der Waals surface area contributed by atoms with Crippen LogP contribution in [0.5, 0.6) is 0 Å². The second kappa shape index (κ2) is 8.05. The van der Waals surface area contributed by atoms with Crippen molar-refractivity contribution in [2.24, 2.45) is 5.92 Å². The molecule has 2 heterocycles. The van der Waals surface area contributed by atoms with E-state index in [4.69, 9.17) is 0 Å². The zero-order chi connectivity index (χ0) is 17.8. The molecule has 6 nitrogen and oxygen atoms in total. The van der Waals surface area contributed by atoms with Crippen molar-refractivity contribution < 1.29 is 9.59 Å². The molecule has 25 heavy (non-hydrogen) atoms. The molecule has 1 saturated heterocycles. The topological polar surface area (TPSA) is 75.2 Å². The Balaban J connectivity index is 1.62. The number of anilines is 2. The first-order valence-corrected chi connectivity index (χ1v) is 9.87. The highest BCUT2D eigenvalue weighted by molar-refractivity contribution is 9.10. The number of nitrogens with zero attached hydrogens (tertiary/aromatic N) is 3. The number of aromatic nitrogens is 2. The molecule has 2 amide bonds. The lowest BCUT2D eigenvalue weighted by atomic mass is 10.1. The molecular weight excluding hydrogens is 404 g/mol. The van der Waals surface area contributed by atoms with Gasteiger partial charge in [0.05, 0.1) is 5.92 Å². The highest BCUT2D eigenvalue weighted by atomic mass is 79.9. The molecule has 1 unspecified atom stereocenters. The molecule has 3 rings (SSSR count). The third-order valence-electron chi connectivity index (χ3n) is 4.06. The molecule has 1 aliphatic heterocycles. The summed E-state index contributed by atoms with van der Waals surface area (Å²) < 4.78 is 0.902. The van der Waals surface area contributed by atoms with Crippen LogP contribution in [-0.4, -0.2) is 28.6 Å². The van der Waals surface area contributed by atoms with Crippen molar-refractivity contribution in [3.05, 3.63) is 33.7 Å². The van der Waals surface area contributed by atoms with Gasteiger partial charge in [-0.25, -0.2) is 0 Å². The second-order valence-corrected chi connectivity index (χ2v) is 7.96. The van der Waals surface area contributed by atoms with Crippen LogP contribution in [0.4, 0.5) is 10.8 Å². The van der Waals surface area contributed by atoms with Crippen LogP contribution in [-0.2, 0) is 16.0 Å². The minimum absolute atomic E-state index is 0.0425. The van der Waals surface area contributed by atoms with Gasteiger partial charge in [-0.3, -0.25) is 9.59 Å². The molecule has 1 aliphatic rings. The van der Waals surface area contributed by atoms with E-state index in [0.717, 1.165) is 34.4 Å². The maximum absolute atomic E-state index is 12.5. The SMILES string of the molecule is CCCCc1nnc(NC(=O)C2CC(=O)N(c3cccc(Br)c3)C2)s1. The molecule has 1 aromatic carbocycles. The summed E-state index contributed by atoms with van der Waals surface area (Å²) in [5, 5.41) is 12.3. The summed E-state index contributed by atoms with van der Waals surface area (Å²) >= 11 is 4.81. The Labute approximate surface area is 158 Å². The summed E-state index contributed by atoms with van der Waals surface area (Å²) in [7, 11) is 0. The number of aryl methyl sites for hydroxylation is 1. The number of amides is 2. The molecule has 132 valence electrons. The van der Waals surface area contributed by atoms with Gasteiger partial charge in [0.25, 0.3) is 0 Å². The van der Waals surface area contributed by atoms with E-state index in [0.29, 0.717) is 11.7 Å². The molecule has 0 spiro atoms. The summed E-state index contributed by atoms with van der Waals surface area (Å²) in [6, 6.07) is 7.52. The quantitative estimate of drug-likeness (QED) is 0.770. The monoisotopic (exact) mass is 422 g/mol. The van der Waals surface area contributed by atoms with Gasteiger partial charge in [-0.1, -0.05) is 46.7 Å². The number of hydrogen-bond acceptors (Lipinski definition) is 5. The van der Waals surface area contributed by atoms with E-state index in [1.807, 2.05) is 24.3 Å².